The number of para-hydroxylation sites is 1. The predicted molar refractivity (Wildman–Crippen MR) is 117 cm³/mol. The highest BCUT2D eigenvalue weighted by molar-refractivity contribution is 7.92. The lowest BCUT2D eigenvalue weighted by Gasteiger charge is -2.31. The second-order valence-electron chi connectivity index (χ2n) is 8.32. The Balaban J connectivity index is 1.71. The number of likely N-dealkylation sites (tertiary alicyclic amines) is 1. The second kappa shape index (κ2) is 7.95. The van der Waals surface area contributed by atoms with Crippen molar-refractivity contribution in [3.8, 4) is 5.75 Å². The van der Waals surface area contributed by atoms with Crippen molar-refractivity contribution in [2.75, 3.05) is 24.5 Å². The van der Waals surface area contributed by atoms with Crippen LogP contribution < -0.4 is 9.04 Å². The maximum atomic E-state index is 13.6. The number of hydrogen-bond acceptors (Lipinski definition) is 4. The molecule has 0 aliphatic carbocycles. The third-order valence-electron chi connectivity index (χ3n) is 6.17. The molecule has 0 radical (unpaired) electrons. The van der Waals surface area contributed by atoms with E-state index in [0.29, 0.717) is 42.4 Å². The van der Waals surface area contributed by atoms with Gasteiger partial charge in [-0.2, -0.15) is 0 Å². The van der Waals surface area contributed by atoms with Gasteiger partial charge in [0.05, 0.1) is 23.3 Å². The number of carbonyl (C=O) groups is 1. The maximum Gasteiger partial charge on any atom is 0.264 e. The Labute approximate surface area is 178 Å². The van der Waals surface area contributed by atoms with Crippen molar-refractivity contribution in [1.82, 2.24) is 4.90 Å². The summed E-state index contributed by atoms with van der Waals surface area (Å²) >= 11 is 0. The summed E-state index contributed by atoms with van der Waals surface area (Å²) in [5.41, 5.74) is 2.02. The average molecular weight is 429 g/mol. The maximum absolute atomic E-state index is 13.6. The molecule has 160 valence electrons. The standard InChI is InChI=1S/C23H28N2O4S/c1-16-10-12-24(13-11-16)23(26)20-15-19(8-9-22(20)29-3)30(27,28)25-17(2)14-18-6-4-5-7-21(18)25/h4-9,15-17H,10-14H2,1-3H3/t17-/m0/s1. The van der Waals surface area contributed by atoms with E-state index in [4.69, 9.17) is 4.74 Å². The molecule has 0 bridgehead atoms. The third-order valence-corrected chi connectivity index (χ3v) is 8.10. The zero-order valence-corrected chi connectivity index (χ0v) is 18.5. The number of rotatable bonds is 4. The Morgan fingerprint density at radius 3 is 2.47 bits per heavy atom. The monoisotopic (exact) mass is 428 g/mol. The molecule has 0 unspecified atom stereocenters. The number of piperidine rings is 1. The van der Waals surface area contributed by atoms with Gasteiger partial charge in [-0.05, 0) is 61.9 Å². The fourth-order valence-electron chi connectivity index (χ4n) is 4.41. The van der Waals surface area contributed by atoms with Crippen molar-refractivity contribution < 1.29 is 17.9 Å². The van der Waals surface area contributed by atoms with Crippen molar-refractivity contribution in [2.45, 2.75) is 44.0 Å². The summed E-state index contributed by atoms with van der Waals surface area (Å²) in [5, 5.41) is 0. The molecule has 0 saturated carbocycles. The minimum absolute atomic E-state index is 0.112. The molecule has 30 heavy (non-hydrogen) atoms. The molecule has 0 N–H and O–H groups in total. The van der Waals surface area contributed by atoms with Gasteiger partial charge >= 0.3 is 0 Å². The molecule has 2 aliphatic rings. The first kappa shape index (κ1) is 20.7. The van der Waals surface area contributed by atoms with Crippen LogP contribution in [0.1, 0.15) is 42.6 Å². The molecular weight excluding hydrogens is 400 g/mol. The molecule has 1 amide bonds. The van der Waals surface area contributed by atoms with Gasteiger partial charge in [0.25, 0.3) is 15.9 Å². The third kappa shape index (κ3) is 3.55. The first-order valence-corrected chi connectivity index (χ1v) is 11.9. The fourth-order valence-corrected chi connectivity index (χ4v) is 6.13. The molecule has 2 aliphatic heterocycles. The SMILES string of the molecule is COc1ccc(S(=O)(=O)N2c3ccccc3C[C@@H]2C)cc1C(=O)N1CCC(C)CC1. The topological polar surface area (TPSA) is 66.9 Å². The quantitative estimate of drug-likeness (QED) is 0.745. The van der Waals surface area contributed by atoms with E-state index in [-0.39, 0.29) is 16.8 Å². The molecule has 7 heteroatoms. The molecule has 0 aromatic heterocycles. The van der Waals surface area contributed by atoms with Crippen molar-refractivity contribution in [3.05, 3.63) is 53.6 Å². The normalized spacial score (nSPS) is 19.6. The number of methoxy groups -OCH3 is 1. The highest BCUT2D eigenvalue weighted by Crippen LogP contribution is 2.37. The van der Waals surface area contributed by atoms with E-state index >= 15 is 0 Å². The second-order valence-corrected chi connectivity index (χ2v) is 10.1. The Morgan fingerprint density at radius 1 is 1.07 bits per heavy atom. The average Bonchev–Trinajstić information content (AvgIpc) is 3.09. The number of nitrogens with zero attached hydrogens (tertiary/aromatic N) is 2. The summed E-state index contributed by atoms with van der Waals surface area (Å²) in [6, 6.07) is 12.0. The van der Waals surface area contributed by atoms with Crippen LogP contribution in [0, 0.1) is 5.92 Å². The fraction of sp³-hybridized carbons (Fsp3) is 0.435. The zero-order chi connectivity index (χ0) is 21.5. The Morgan fingerprint density at radius 2 is 1.77 bits per heavy atom. The highest BCUT2D eigenvalue weighted by atomic mass is 32.2. The number of benzene rings is 2. The first-order valence-electron chi connectivity index (χ1n) is 10.4. The number of fused-ring (bicyclic) bond motifs is 1. The first-order chi connectivity index (χ1) is 14.3. The van der Waals surface area contributed by atoms with Crippen LogP contribution in [0.15, 0.2) is 47.4 Å². The van der Waals surface area contributed by atoms with Crippen LogP contribution in [-0.4, -0.2) is 45.5 Å². The molecule has 1 saturated heterocycles. The van der Waals surface area contributed by atoms with Crippen molar-refractivity contribution in [2.24, 2.45) is 5.92 Å². The smallest absolute Gasteiger partial charge is 0.264 e. The van der Waals surface area contributed by atoms with Crippen LogP contribution in [0.3, 0.4) is 0 Å². The van der Waals surface area contributed by atoms with Crippen molar-refractivity contribution in [3.63, 3.8) is 0 Å². The lowest BCUT2D eigenvalue weighted by molar-refractivity contribution is 0.0693. The lowest BCUT2D eigenvalue weighted by Crippen LogP contribution is -2.38. The molecule has 2 heterocycles. The highest BCUT2D eigenvalue weighted by Gasteiger charge is 2.36. The summed E-state index contributed by atoms with van der Waals surface area (Å²) in [5.74, 6) is 0.817. The van der Waals surface area contributed by atoms with E-state index in [9.17, 15) is 13.2 Å². The summed E-state index contributed by atoms with van der Waals surface area (Å²) in [6.45, 7) is 5.44. The van der Waals surface area contributed by atoms with Gasteiger partial charge in [-0.25, -0.2) is 8.42 Å². The van der Waals surface area contributed by atoms with Crippen LogP contribution in [0.4, 0.5) is 5.69 Å². The van der Waals surface area contributed by atoms with Crippen molar-refractivity contribution in [1.29, 1.82) is 0 Å². The number of anilines is 1. The molecule has 4 rings (SSSR count). The molecule has 2 aromatic rings. The van der Waals surface area contributed by atoms with E-state index < -0.39 is 10.0 Å². The summed E-state index contributed by atoms with van der Waals surface area (Å²) < 4.78 is 34.0. The van der Waals surface area contributed by atoms with E-state index in [0.717, 1.165) is 18.4 Å². The number of hydrogen-bond donors (Lipinski definition) is 0. The van der Waals surface area contributed by atoms with Gasteiger partial charge in [0.2, 0.25) is 0 Å². The van der Waals surface area contributed by atoms with Crippen LogP contribution >= 0.6 is 0 Å². The largest absolute Gasteiger partial charge is 0.496 e. The molecule has 0 spiro atoms. The van der Waals surface area contributed by atoms with E-state index in [2.05, 4.69) is 6.92 Å². The number of ether oxygens (including phenoxy) is 1. The predicted octanol–water partition coefficient (Wildman–Crippen LogP) is 3.71. The van der Waals surface area contributed by atoms with Crippen LogP contribution in [0.5, 0.6) is 5.75 Å². The van der Waals surface area contributed by atoms with Crippen molar-refractivity contribution >= 4 is 21.6 Å². The van der Waals surface area contributed by atoms with E-state index in [1.54, 1.807) is 11.0 Å². The van der Waals surface area contributed by atoms with Crippen LogP contribution in [-0.2, 0) is 16.4 Å². The Hall–Kier alpha value is -2.54. The summed E-state index contributed by atoms with van der Waals surface area (Å²) in [6.07, 6.45) is 2.57. The van der Waals surface area contributed by atoms with E-state index in [1.165, 1.54) is 23.5 Å². The van der Waals surface area contributed by atoms with Gasteiger partial charge in [0.15, 0.2) is 0 Å². The van der Waals surface area contributed by atoms with Gasteiger partial charge in [-0.3, -0.25) is 9.10 Å². The Bertz CT molecular complexity index is 1060. The zero-order valence-electron chi connectivity index (χ0n) is 17.7. The lowest BCUT2D eigenvalue weighted by atomic mass is 9.98. The minimum atomic E-state index is -3.81. The summed E-state index contributed by atoms with van der Waals surface area (Å²) in [4.78, 5) is 15.1. The van der Waals surface area contributed by atoms with Gasteiger partial charge in [-0.1, -0.05) is 25.1 Å². The summed E-state index contributed by atoms with van der Waals surface area (Å²) in [7, 11) is -2.32. The Kier molecular flexibility index (Phi) is 5.49. The molecule has 2 aromatic carbocycles. The number of amides is 1. The molecule has 6 nitrogen and oxygen atoms in total. The van der Waals surface area contributed by atoms with Gasteiger partial charge < -0.3 is 9.64 Å². The number of carbonyl (C=O) groups excluding carboxylic acids is 1. The van der Waals surface area contributed by atoms with Crippen LogP contribution in [0.2, 0.25) is 0 Å². The van der Waals surface area contributed by atoms with Gasteiger partial charge in [-0.15, -0.1) is 0 Å². The van der Waals surface area contributed by atoms with E-state index in [1.807, 2.05) is 31.2 Å². The minimum Gasteiger partial charge on any atom is -0.496 e. The molecule has 1 fully saturated rings. The molecular formula is C23H28N2O4S. The van der Waals surface area contributed by atoms with Gasteiger partial charge in [0.1, 0.15) is 5.75 Å². The number of sulfonamides is 1. The van der Waals surface area contributed by atoms with Crippen LogP contribution in [0.25, 0.3) is 0 Å². The molecule has 1 atom stereocenters. The van der Waals surface area contributed by atoms with Gasteiger partial charge in [0, 0.05) is 19.1 Å².